The summed E-state index contributed by atoms with van der Waals surface area (Å²) in [5, 5.41) is 13.1. The number of allylic oxidation sites excluding steroid dienone is 1. The lowest BCUT2D eigenvalue weighted by molar-refractivity contribution is 0.436. The first-order valence-corrected chi connectivity index (χ1v) is 9.18. The SMILES string of the molecule is CC=CCN(CCCCc1nc(CNCC)sc1C)C(N)=NC#N. The summed E-state index contributed by atoms with van der Waals surface area (Å²) in [6.45, 7) is 9.47. The Hall–Kier alpha value is -1.91. The number of nitriles is 1. The molecule has 0 amide bonds. The van der Waals surface area contributed by atoms with Crippen LogP contribution >= 0.6 is 11.3 Å². The van der Waals surface area contributed by atoms with E-state index < -0.39 is 0 Å². The molecule has 0 aliphatic carbocycles. The highest BCUT2D eigenvalue weighted by Crippen LogP contribution is 2.19. The van der Waals surface area contributed by atoms with Crippen molar-refractivity contribution in [2.75, 3.05) is 19.6 Å². The third-order valence-corrected chi connectivity index (χ3v) is 4.62. The lowest BCUT2D eigenvalue weighted by atomic mass is 10.1. The minimum atomic E-state index is 0.286. The first-order valence-electron chi connectivity index (χ1n) is 8.36. The van der Waals surface area contributed by atoms with Gasteiger partial charge in [0.2, 0.25) is 12.2 Å². The molecule has 1 aromatic rings. The fourth-order valence-electron chi connectivity index (χ4n) is 2.28. The normalized spacial score (nSPS) is 11.8. The number of thiazole rings is 1. The van der Waals surface area contributed by atoms with Crippen molar-refractivity contribution >= 4 is 17.3 Å². The Kier molecular flexibility index (Phi) is 9.73. The predicted octanol–water partition coefficient (Wildman–Crippen LogP) is 2.56. The van der Waals surface area contributed by atoms with Crippen LogP contribution in [0, 0.1) is 18.4 Å². The van der Waals surface area contributed by atoms with E-state index in [1.807, 2.05) is 24.0 Å². The molecule has 6 nitrogen and oxygen atoms in total. The van der Waals surface area contributed by atoms with Crippen LogP contribution in [-0.4, -0.2) is 35.5 Å². The molecule has 1 heterocycles. The van der Waals surface area contributed by atoms with E-state index >= 15 is 0 Å². The molecule has 3 N–H and O–H groups in total. The van der Waals surface area contributed by atoms with Gasteiger partial charge in [-0.2, -0.15) is 5.26 Å². The van der Waals surface area contributed by atoms with Crippen molar-refractivity contribution in [1.82, 2.24) is 15.2 Å². The van der Waals surface area contributed by atoms with Crippen molar-refractivity contribution in [2.45, 2.75) is 46.6 Å². The number of nitrogens with zero attached hydrogens (tertiary/aromatic N) is 4. The summed E-state index contributed by atoms with van der Waals surface area (Å²) in [7, 11) is 0. The van der Waals surface area contributed by atoms with Gasteiger partial charge in [0.25, 0.3) is 0 Å². The molecule has 0 saturated heterocycles. The number of rotatable bonds is 10. The van der Waals surface area contributed by atoms with Crippen molar-refractivity contribution in [3.63, 3.8) is 0 Å². The number of guanidine groups is 1. The Morgan fingerprint density at radius 2 is 2.29 bits per heavy atom. The molecule has 1 rings (SSSR count). The molecular formula is C17H28N6S. The Morgan fingerprint density at radius 3 is 2.96 bits per heavy atom. The van der Waals surface area contributed by atoms with Crippen LogP contribution in [0.15, 0.2) is 17.1 Å². The predicted molar refractivity (Wildman–Crippen MR) is 101 cm³/mol. The minimum absolute atomic E-state index is 0.286. The van der Waals surface area contributed by atoms with Crippen LogP contribution in [0.2, 0.25) is 0 Å². The van der Waals surface area contributed by atoms with E-state index in [0.717, 1.165) is 43.9 Å². The van der Waals surface area contributed by atoms with Crippen LogP contribution in [0.4, 0.5) is 0 Å². The number of aromatic nitrogens is 1. The number of nitrogens with two attached hydrogens (primary N) is 1. The second-order valence-corrected chi connectivity index (χ2v) is 6.72. The summed E-state index contributed by atoms with van der Waals surface area (Å²) in [5.74, 6) is 0.286. The van der Waals surface area contributed by atoms with E-state index in [0.29, 0.717) is 6.54 Å². The molecule has 0 saturated carbocycles. The molecule has 0 aliphatic heterocycles. The smallest absolute Gasteiger partial charge is 0.209 e. The molecule has 0 radical (unpaired) electrons. The highest BCUT2D eigenvalue weighted by Gasteiger charge is 2.09. The van der Waals surface area contributed by atoms with Gasteiger partial charge in [0, 0.05) is 24.5 Å². The number of unbranched alkanes of at least 4 members (excludes halogenated alkanes) is 1. The van der Waals surface area contributed by atoms with E-state index in [2.05, 4.69) is 24.2 Å². The number of hydrogen-bond acceptors (Lipinski definition) is 5. The fraction of sp³-hybridized carbons (Fsp3) is 0.588. The number of aliphatic imine (C=N–C) groups is 1. The lowest BCUT2D eigenvalue weighted by Crippen LogP contribution is -2.38. The largest absolute Gasteiger partial charge is 0.369 e. The summed E-state index contributed by atoms with van der Waals surface area (Å²) in [4.78, 5) is 11.6. The zero-order chi connectivity index (χ0) is 17.8. The highest BCUT2D eigenvalue weighted by atomic mass is 32.1. The molecule has 0 bridgehead atoms. The molecule has 0 atom stereocenters. The third-order valence-electron chi connectivity index (χ3n) is 3.60. The Balaban J connectivity index is 2.46. The third kappa shape index (κ3) is 7.11. The summed E-state index contributed by atoms with van der Waals surface area (Å²) in [5.41, 5.74) is 7.04. The van der Waals surface area contributed by atoms with Crippen molar-refractivity contribution in [3.05, 3.63) is 27.7 Å². The zero-order valence-electron chi connectivity index (χ0n) is 14.9. The highest BCUT2D eigenvalue weighted by molar-refractivity contribution is 7.11. The van der Waals surface area contributed by atoms with Gasteiger partial charge in [-0.15, -0.1) is 16.3 Å². The summed E-state index contributed by atoms with van der Waals surface area (Å²) >= 11 is 1.77. The number of nitrogens with one attached hydrogen (secondary N) is 1. The lowest BCUT2D eigenvalue weighted by Gasteiger charge is -2.21. The van der Waals surface area contributed by atoms with E-state index in [1.165, 1.54) is 10.6 Å². The number of aryl methyl sites for hydroxylation is 2. The first-order chi connectivity index (χ1) is 11.6. The van der Waals surface area contributed by atoms with Gasteiger partial charge in [-0.3, -0.25) is 0 Å². The molecule has 7 heteroatoms. The van der Waals surface area contributed by atoms with E-state index in [-0.39, 0.29) is 5.96 Å². The van der Waals surface area contributed by atoms with Gasteiger partial charge < -0.3 is 16.0 Å². The monoisotopic (exact) mass is 348 g/mol. The van der Waals surface area contributed by atoms with Crippen molar-refractivity contribution < 1.29 is 0 Å². The topological polar surface area (TPSA) is 90.3 Å². The molecular weight excluding hydrogens is 320 g/mol. The van der Waals surface area contributed by atoms with E-state index in [9.17, 15) is 0 Å². The molecule has 0 fully saturated rings. The van der Waals surface area contributed by atoms with Crippen molar-refractivity contribution in [2.24, 2.45) is 10.7 Å². The van der Waals surface area contributed by atoms with Gasteiger partial charge in [-0.1, -0.05) is 19.1 Å². The maximum atomic E-state index is 8.65. The summed E-state index contributed by atoms with van der Waals surface area (Å²) in [6, 6.07) is 0. The van der Waals surface area contributed by atoms with Gasteiger partial charge >= 0.3 is 0 Å². The maximum Gasteiger partial charge on any atom is 0.209 e. The van der Waals surface area contributed by atoms with Crippen molar-refractivity contribution in [3.8, 4) is 6.19 Å². The van der Waals surface area contributed by atoms with Crippen LogP contribution in [-0.2, 0) is 13.0 Å². The van der Waals surface area contributed by atoms with E-state index in [4.69, 9.17) is 16.0 Å². The van der Waals surface area contributed by atoms with Crippen LogP contribution in [0.25, 0.3) is 0 Å². The van der Waals surface area contributed by atoms with Crippen LogP contribution in [0.3, 0.4) is 0 Å². The summed E-state index contributed by atoms with van der Waals surface area (Å²) < 4.78 is 0. The van der Waals surface area contributed by atoms with Gasteiger partial charge in [-0.05, 0) is 39.7 Å². The van der Waals surface area contributed by atoms with Crippen LogP contribution in [0.1, 0.15) is 42.3 Å². The number of hydrogen-bond donors (Lipinski definition) is 2. The summed E-state index contributed by atoms with van der Waals surface area (Å²) in [6.07, 6.45) is 8.73. The second-order valence-electron chi connectivity index (χ2n) is 5.43. The maximum absolute atomic E-state index is 8.65. The van der Waals surface area contributed by atoms with Gasteiger partial charge in [0.15, 0.2) is 0 Å². The molecule has 132 valence electrons. The zero-order valence-corrected chi connectivity index (χ0v) is 15.7. The molecule has 0 aliphatic rings. The quantitative estimate of drug-likeness (QED) is 0.223. The van der Waals surface area contributed by atoms with Crippen molar-refractivity contribution in [1.29, 1.82) is 5.26 Å². The average Bonchev–Trinajstić information content (AvgIpc) is 2.92. The molecule has 0 spiro atoms. The van der Waals surface area contributed by atoms with Gasteiger partial charge in [0.1, 0.15) is 5.01 Å². The standard InChI is InChI=1S/C17H28N6S/c1-4-6-10-23(17(19)21-13-18)11-8-7-9-15-14(3)24-16(22-15)12-20-5-2/h4,6,20H,5,7-12H2,1-3H3,(H2,19,21). The molecule has 0 unspecified atom stereocenters. The Bertz CT molecular complexity index is 584. The molecule has 0 aromatic carbocycles. The van der Waals surface area contributed by atoms with E-state index in [1.54, 1.807) is 17.5 Å². The molecule has 1 aromatic heterocycles. The Labute approximate surface area is 149 Å². The van der Waals surface area contributed by atoms with Crippen LogP contribution < -0.4 is 11.1 Å². The van der Waals surface area contributed by atoms with Gasteiger partial charge in [0.05, 0.1) is 5.69 Å². The average molecular weight is 349 g/mol. The van der Waals surface area contributed by atoms with Crippen LogP contribution in [0.5, 0.6) is 0 Å². The molecule has 24 heavy (non-hydrogen) atoms. The minimum Gasteiger partial charge on any atom is -0.369 e. The fourth-order valence-corrected chi connectivity index (χ4v) is 3.23. The first kappa shape index (κ1) is 20.1. The Morgan fingerprint density at radius 1 is 1.50 bits per heavy atom. The van der Waals surface area contributed by atoms with Gasteiger partial charge in [-0.25, -0.2) is 4.98 Å². The second kappa shape index (κ2) is 11.6.